The molecule has 25 heavy (non-hydrogen) atoms. The zero-order valence-corrected chi connectivity index (χ0v) is 13.8. The summed E-state index contributed by atoms with van der Waals surface area (Å²) in [6.45, 7) is 0.749. The van der Waals surface area contributed by atoms with Crippen LogP contribution in [0.3, 0.4) is 0 Å². The molecule has 2 aromatic heterocycles. The largest absolute Gasteiger partial charge is 0.396 e. The first-order valence-electron chi connectivity index (χ1n) is 8.33. The Bertz CT molecular complexity index is 929. The molecule has 6 heteroatoms. The highest BCUT2D eigenvalue weighted by molar-refractivity contribution is 6.02. The lowest BCUT2D eigenvalue weighted by molar-refractivity contribution is 0.100. The lowest BCUT2D eigenvalue weighted by Crippen LogP contribution is -2.22. The van der Waals surface area contributed by atoms with Crippen molar-refractivity contribution in [2.24, 2.45) is 11.1 Å². The maximum Gasteiger partial charge on any atom is 0.252 e. The van der Waals surface area contributed by atoms with Crippen LogP contribution >= 0.6 is 0 Å². The Kier molecular flexibility index (Phi) is 3.69. The van der Waals surface area contributed by atoms with Gasteiger partial charge < -0.3 is 16.2 Å². The molecule has 1 aliphatic rings. The Morgan fingerprint density at radius 3 is 2.68 bits per heavy atom. The number of carbonyl (C=O) groups excluding carboxylic acids is 1. The number of carbonyl (C=O) groups is 1. The van der Waals surface area contributed by atoms with Crippen molar-refractivity contribution in [1.82, 2.24) is 9.61 Å². The Morgan fingerprint density at radius 1 is 1.28 bits per heavy atom. The van der Waals surface area contributed by atoms with Gasteiger partial charge in [-0.15, -0.1) is 0 Å². The summed E-state index contributed by atoms with van der Waals surface area (Å²) >= 11 is 0. The SMILES string of the molecule is NC(=O)c1cnn2cc(-c3ccccc3)cc2c1NCC1(CO)CC1. The Hall–Kier alpha value is -2.86. The van der Waals surface area contributed by atoms with Crippen LogP contribution in [0.2, 0.25) is 0 Å². The van der Waals surface area contributed by atoms with Crippen LogP contribution in [0.4, 0.5) is 5.69 Å². The Labute approximate surface area is 145 Å². The van der Waals surface area contributed by atoms with Crippen molar-refractivity contribution >= 4 is 17.1 Å². The number of primary amides is 1. The average molecular weight is 336 g/mol. The van der Waals surface area contributed by atoms with Gasteiger partial charge in [-0.25, -0.2) is 4.52 Å². The van der Waals surface area contributed by atoms with E-state index in [4.69, 9.17) is 5.73 Å². The predicted molar refractivity (Wildman–Crippen MR) is 96.4 cm³/mol. The molecule has 0 aliphatic heterocycles. The maximum absolute atomic E-state index is 11.8. The van der Waals surface area contributed by atoms with Gasteiger partial charge in [-0.05, 0) is 24.5 Å². The van der Waals surface area contributed by atoms with Crippen molar-refractivity contribution in [3.05, 3.63) is 54.4 Å². The van der Waals surface area contributed by atoms with Gasteiger partial charge in [0.1, 0.15) is 0 Å². The van der Waals surface area contributed by atoms with Crippen molar-refractivity contribution < 1.29 is 9.90 Å². The van der Waals surface area contributed by atoms with E-state index >= 15 is 0 Å². The van der Waals surface area contributed by atoms with E-state index in [1.54, 1.807) is 4.52 Å². The van der Waals surface area contributed by atoms with Gasteiger partial charge in [-0.3, -0.25) is 4.79 Å². The summed E-state index contributed by atoms with van der Waals surface area (Å²) in [5.74, 6) is -0.520. The predicted octanol–water partition coefficient (Wildman–Crippen LogP) is 2.28. The number of aliphatic hydroxyl groups excluding tert-OH is 1. The quantitative estimate of drug-likeness (QED) is 0.644. The number of fused-ring (bicyclic) bond motifs is 1. The van der Waals surface area contributed by atoms with Crippen molar-refractivity contribution in [2.45, 2.75) is 12.8 Å². The molecule has 1 aromatic carbocycles. The fourth-order valence-electron chi connectivity index (χ4n) is 3.06. The van der Waals surface area contributed by atoms with E-state index in [1.165, 1.54) is 6.20 Å². The molecule has 1 aliphatic carbocycles. The zero-order chi connectivity index (χ0) is 17.4. The van der Waals surface area contributed by atoms with E-state index in [0.29, 0.717) is 17.8 Å². The summed E-state index contributed by atoms with van der Waals surface area (Å²) in [5.41, 5.74) is 9.37. The number of amides is 1. The molecule has 3 aromatic rings. The first-order valence-corrected chi connectivity index (χ1v) is 8.33. The van der Waals surface area contributed by atoms with Gasteiger partial charge in [0.25, 0.3) is 5.91 Å². The molecule has 4 rings (SSSR count). The van der Waals surface area contributed by atoms with E-state index in [-0.39, 0.29) is 12.0 Å². The van der Waals surface area contributed by atoms with Crippen LogP contribution < -0.4 is 11.1 Å². The second-order valence-electron chi connectivity index (χ2n) is 6.73. The first kappa shape index (κ1) is 15.7. The van der Waals surface area contributed by atoms with E-state index in [9.17, 15) is 9.90 Å². The highest BCUT2D eigenvalue weighted by Gasteiger charge is 2.42. The standard InChI is InChI=1S/C19H20N4O2/c20-18(25)15-9-22-23-10-14(13-4-2-1-3-5-13)8-16(23)17(15)21-11-19(12-24)6-7-19/h1-5,8-10,21,24H,6-7,11-12H2,(H2,20,25). The summed E-state index contributed by atoms with van der Waals surface area (Å²) in [6.07, 6.45) is 5.39. The fourth-order valence-corrected chi connectivity index (χ4v) is 3.06. The number of rotatable bonds is 6. The number of aromatic nitrogens is 2. The van der Waals surface area contributed by atoms with Crippen LogP contribution in [0.1, 0.15) is 23.2 Å². The van der Waals surface area contributed by atoms with Gasteiger partial charge in [0.15, 0.2) is 0 Å². The molecule has 1 fully saturated rings. The van der Waals surface area contributed by atoms with Gasteiger partial charge in [0, 0.05) is 23.7 Å². The molecule has 6 nitrogen and oxygen atoms in total. The molecule has 128 valence electrons. The Balaban J connectivity index is 1.78. The molecule has 0 spiro atoms. The van der Waals surface area contributed by atoms with Gasteiger partial charge in [-0.1, -0.05) is 30.3 Å². The average Bonchev–Trinajstić information content (AvgIpc) is 3.29. The molecule has 0 atom stereocenters. The third-order valence-electron chi connectivity index (χ3n) is 4.94. The second kappa shape index (κ2) is 5.89. The van der Waals surface area contributed by atoms with Crippen molar-refractivity contribution in [1.29, 1.82) is 0 Å². The molecule has 1 saturated carbocycles. The fraction of sp³-hybridized carbons (Fsp3) is 0.263. The van der Waals surface area contributed by atoms with Crippen LogP contribution in [0.15, 0.2) is 48.8 Å². The third-order valence-corrected chi connectivity index (χ3v) is 4.94. The third kappa shape index (κ3) is 2.85. The normalized spacial score (nSPS) is 15.2. The summed E-state index contributed by atoms with van der Waals surface area (Å²) in [7, 11) is 0. The number of nitrogens with zero attached hydrogens (tertiary/aromatic N) is 2. The monoisotopic (exact) mass is 336 g/mol. The minimum Gasteiger partial charge on any atom is -0.396 e. The van der Waals surface area contributed by atoms with Crippen molar-refractivity contribution in [3.8, 4) is 11.1 Å². The van der Waals surface area contributed by atoms with E-state index in [2.05, 4.69) is 10.4 Å². The number of aliphatic hydroxyl groups is 1. The lowest BCUT2D eigenvalue weighted by Gasteiger charge is -2.16. The minimum absolute atomic E-state index is 0.0793. The molecule has 0 unspecified atom stereocenters. The Morgan fingerprint density at radius 2 is 2.04 bits per heavy atom. The van der Waals surface area contributed by atoms with Crippen LogP contribution in [0, 0.1) is 5.41 Å². The van der Waals surface area contributed by atoms with Gasteiger partial charge in [-0.2, -0.15) is 5.10 Å². The second-order valence-corrected chi connectivity index (χ2v) is 6.73. The smallest absolute Gasteiger partial charge is 0.252 e. The summed E-state index contributed by atoms with van der Waals surface area (Å²) in [6, 6.07) is 12.0. The topological polar surface area (TPSA) is 92.7 Å². The van der Waals surface area contributed by atoms with Crippen molar-refractivity contribution in [3.63, 3.8) is 0 Å². The number of hydrogen-bond acceptors (Lipinski definition) is 4. The van der Waals surface area contributed by atoms with E-state index < -0.39 is 5.91 Å². The van der Waals surface area contributed by atoms with E-state index in [0.717, 1.165) is 29.5 Å². The van der Waals surface area contributed by atoms with Gasteiger partial charge >= 0.3 is 0 Å². The van der Waals surface area contributed by atoms with Crippen LogP contribution in [0.25, 0.3) is 16.6 Å². The minimum atomic E-state index is -0.520. The first-order chi connectivity index (χ1) is 12.1. The number of hydrogen-bond donors (Lipinski definition) is 3. The maximum atomic E-state index is 11.8. The summed E-state index contributed by atoms with van der Waals surface area (Å²) in [5, 5.41) is 17.2. The lowest BCUT2D eigenvalue weighted by atomic mass is 10.1. The number of anilines is 1. The highest BCUT2D eigenvalue weighted by Crippen LogP contribution is 2.45. The van der Waals surface area contributed by atoms with Crippen LogP contribution in [0.5, 0.6) is 0 Å². The molecule has 0 bridgehead atoms. The van der Waals surface area contributed by atoms with Crippen molar-refractivity contribution in [2.75, 3.05) is 18.5 Å². The summed E-state index contributed by atoms with van der Waals surface area (Å²) in [4.78, 5) is 11.8. The van der Waals surface area contributed by atoms with Crippen LogP contribution in [-0.4, -0.2) is 33.8 Å². The van der Waals surface area contributed by atoms with Gasteiger partial charge in [0.2, 0.25) is 0 Å². The molecule has 0 radical (unpaired) electrons. The molecule has 4 N–H and O–H groups in total. The molecular formula is C19H20N4O2. The molecule has 2 heterocycles. The van der Waals surface area contributed by atoms with E-state index in [1.807, 2.05) is 42.6 Å². The molecule has 0 saturated heterocycles. The van der Waals surface area contributed by atoms with Gasteiger partial charge in [0.05, 0.1) is 29.6 Å². The molecule has 1 amide bonds. The molecular weight excluding hydrogens is 316 g/mol. The zero-order valence-electron chi connectivity index (χ0n) is 13.8. The number of benzene rings is 1. The number of nitrogens with one attached hydrogen (secondary N) is 1. The van der Waals surface area contributed by atoms with Crippen LogP contribution in [-0.2, 0) is 0 Å². The summed E-state index contributed by atoms with van der Waals surface area (Å²) < 4.78 is 1.75. The number of nitrogens with two attached hydrogens (primary N) is 1. The highest BCUT2D eigenvalue weighted by atomic mass is 16.3.